The largest absolute Gasteiger partial charge is 0.381 e. The summed E-state index contributed by atoms with van der Waals surface area (Å²) in [7, 11) is 0. The van der Waals surface area contributed by atoms with Crippen LogP contribution in [0.1, 0.15) is 58.4 Å². The maximum absolute atomic E-state index is 15.4. The first-order valence-electron chi connectivity index (χ1n) is 11.3. The van der Waals surface area contributed by atoms with E-state index in [1.165, 1.54) is 6.92 Å². The fourth-order valence-electron chi connectivity index (χ4n) is 4.26. The van der Waals surface area contributed by atoms with Crippen molar-refractivity contribution < 1.29 is 13.9 Å². The molecule has 1 fully saturated rings. The lowest BCUT2D eigenvalue weighted by Crippen LogP contribution is -2.42. The molecule has 0 unspecified atom stereocenters. The molecule has 0 bridgehead atoms. The molecule has 1 saturated heterocycles. The van der Waals surface area contributed by atoms with Gasteiger partial charge < -0.3 is 19.7 Å². The third kappa shape index (κ3) is 6.42. The quantitative estimate of drug-likeness (QED) is 0.472. The zero-order chi connectivity index (χ0) is 23.3. The van der Waals surface area contributed by atoms with Crippen LogP contribution in [0.15, 0.2) is 30.5 Å². The van der Waals surface area contributed by atoms with E-state index in [1.54, 1.807) is 24.4 Å². The predicted molar refractivity (Wildman–Crippen MR) is 129 cm³/mol. The Balaban J connectivity index is 2.07. The van der Waals surface area contributed by atoms with Gasteiger partial charge in [-0.3, -0.25) is 0 Å². The predicted octanol–water partition coefficient (Wildman–Crippen LogP) is 6.34. The van der Waals surface area contributed by atoms with Crippen molar-refractivity contribution in [2.24, 2.45) is 5.92 Å². The molecule has 32 heavy (non-hydrogen) atoms. The van der Waals surface area contributed by atoms with Gasteiger partial charge >= 0.3 is 0 Å². The number of hydrogen-bond donors (Lipinski definition) is 1. The van der Waals surface area contributed by atoms with Crippen LogP contribution in [-0.4, -0.2) is 36.6 Å². The second-order valence-corrected chi connectivity index (χ2v) is 9.51. The molecule has 1 atom stereocenters. The number of pyridine rings is 1. The van der Waals surface area contributed by atoms with Gasteiger partial charge in [0.1, 0.15) is 17.4 Å². The van der Waals surface area contributed by atoms with Crippen LogP contribution in [-0.2, 0) is 9.53 Å². The summed E-state index contributed by atoms with van der Waals surface area (Å²) in [6.07, 6.45) is 3.67. The third-order valence-corrected chi connectivity index (χ3v) is 5.96. The summed E-state index contributed by atoms with van der Waals surface area (Å²) in [6, 6.07) is 7.28. The van der Waals surface area contributed by atoms with Crippen LogP contribution in [0.3, 0.4) is 0 Å². The second-order valence-electron chi connectivity index (χ2n) is 9.07. The summed E-state index contributed by atoms with van der Waals surface area (Å²) < 4.78 is 20.9. The Morgan fingerprint density at radius 3 is 2.59 bits per heavy atom. The molecule has 0 spiro atoms. The summed E-state index contributed by atoms with van der Waals surface area (Å²) in [5.41, 5.74) is 2.11. The minimum Gasteiger partial charge on any atom is -0.381 e. The smallest absolute Gasteiger partial charge is 0.130 e. The van der Waals surface area contributed by atoms with E-state index in [9.17, 15) is 4.79 Å². The molecule has 2 heterocycles. The molecule has 0 radical (unpaired) electrons. The molecule has 1 N–H and O–H groups in total. The van der Waals surface area contributed by atoms with E-state index in [0.29, 0.717) is 42.0 Å². The van der Waals surface area contributed by atoms with E-state index in [1.807, 2.05) is 13.0 Å². The maximum atomic E-state index is 15.4. The van der Waals surface area contributed by atoms with Crippen molar-refractivity contribution >= 4 is 34.6 Å². The van der Waals surface area contributed by atoms with Gasteiger partial charge in [-0.15, -0.1) is 0 Å². The van der Waals surface area contributed by atoms with Gasteiger partial charge in [0.2, 0.25) is 0 Å². The summed E-state index contributed by atoms with van der Waals surface area (Å²) in [6.45, 7) is 9.96. The van der Waals surface area contributed by atoms with Gasteiger partial charge in [-0.05, 0) is 61.4 Å². The molecule has 7 heteroatoms. The van der Waals surface area contributed by atoms with Gasteiger partial charge in [0.25, 0.3) is 0 Å². The summed E-state index contributed by atoms with van der Waals surface area (Å²) in [4.78, 5) is 18.3. The van der Waals surface area contributed by atoms with Crippen LogP contribution in [0.5, 0.6) is 0 Å². The first-order chi connectivity index (χ1) is 15.2. The standard InChI is InChI=1S/C25H33ClFN3O2/c1-16(2)15-30(20-7-9-32-10-8-20)24-13-22(27)21(17(3)11-18(4)31)12-23(24)29-25-6-5-19(26)14-28-25/h5-6,12-14,16-17,20H,7-11,15H2,1-4H3,(H,28,29)/t17-/m1/s1. The number of halogens is 2. The molecule has 174 valence electrons. The number of hydrogen-bond acceptors (Lipinski definition) is 5. The first kappa shape index (κ1) is 24.5. The van der Waals surface area contributed by atoms with Crippen molar-refractivity contribution in [1.82, 2.24) is 4.98 Å². The van der Waals surface area contributed by atoms with Gasteiger partial charge in [-0.2, -0.15) is 0 Å². The van der Waals surface area contributed by atoms with Crippen LogP contribution in [0.2, 0.25) is 5.02 Å². The van der Waals surface area contributed by atoms with Crippen molar-refractivity contribution in [3.63, 3.8) is 0 Å². The Morgan fingerprint density at radius 2 is 2.00 bits per heavy atom. The molecule has 1 aromatic heterocycles. The van der Waals surface area contributed by atoms with E-state index in [2.05, 4.69) is 29.0 Å². The Kier molecular flexibility index (Phi) is 8.49. The Morgan fingerprint density at radius 1 is 1.28 bits per heavy atom. The number of rotatable bonds is 9. The number of anilines is 3. The highest BCUT2D eigenvalue weighted by molar-refractivity contribution is 6.30. The average molecular weight is 462 g/mol. The number of carbonyl (C=O) groups excluding carboxylic acids is 1. The third-order valence-electron chi connectivity index (χ3n) is 5.73. The van der Waals surface area contributed by atoms with E-state index < -0.39 is 0 Å². The highest BCUT2D eigenvalue weighted by atomic mass is 35.5. The summed E-state index contributed by atoms with van der Waals surface area (Å²) in [5.74, 6) is 0.562. The van der Waals surface area contributed by atoms with E-state index in [4.69, 9.17) is 16.3 Å². The molecule has 0 amide bonds. The molecular weight excluding hydrogens is 429 g/mol. The van der Waals surface area contributed by atoms with Crippen molar-refractivity contribution in [1.29, 1.82) is 0 Å². The van der Waals surface area contributed by atoms with Crippen molar-refractivity contribution in [3.8, 4) is 0 Å². The number of nitrogens with one attached hydrogen (secondary N) is 1. The monoisotopic (exact) mass is 461 g/mol. The molecule has 5 nitrogen and oxygen atoms in total. The normalized spacial score (nSPS) is 15.6. The number of carbonyl (C=O) groups is 1. The van der Waals surface area contributed by atoms with E-state index in [0.717, 1.165) is 30.8 Å². The van der Waals surface area contributed by atoms with Gasteiger partial charge in [0.15, 0.2) is 0 Å². The highest BCUT2D eigenvalue weighted by Gasteiger charge is 2.27. The Labute approximate surface area is 195 Å². The van der Waals surface area contributed by atoms with Gasteiger partial charge in [0.05, 0.1) is 16.4 Å². The number of benzene rings is 1. The zero-order valence-electron chi connectivity index (χ0n) is 19.3. The Hall–Kier alpha value is -2.18. The second kappa shape index (κ2) is 11.1. The average Bonchev–Trinajstić information content (AvgIpc) is 2.74. The summed E-state index contributed by atoms with van der Waals surface area (Å²) in [5, 5.41) is 3.92. The molecule has 2 aromatic rings. The molecule has 1 aromatic carbocycles. The van der Waals surface area contributed by atoms with Crippen molar-refractivity contribution in [2.45, 2.75) is 58.9 Å². The topological polar surface area (TPSA) is 54.5 Å². The molecule has 1 aliphatic heterocycles. The van der Waals surface area contributed by atoms with Gasteiger partial charge in [-0.25, -0.2) is 9.37 Å². The van der Waals surface area contributed by atoms with E-state index in [-0.39, 0.29) is 23.6 Å². The van der Waals surface area contributed by atoms with Crippen LogP contribution >= 0.6 is 11.6 Å². The van der Waals surface area contributed by atoms with Gasteiger partial charge in [0, 0.05) is 38.4 Å². The molecule has 1 aliphatic rings. The van der Waals surface area contributed by atoms with Gasteiger partial charge in [-0.1, -0.05) is 32.4 Å². The highest BCUT2D eigenvalue weighted by Crippen LogP contribution is 2.37. The minimum absolute atomic E-state index is 0.0403. The lowest BCUT2D eigenvalue weighted by molar-refractivity contribution is -0.117. The fourth-order valence-corrected chi connectivity index (χ4v) is 4.37. The number of Topliss-reactive ketones (excluding diaryl/α,β-unsaturated/α-hetero) is 1. The van der Waals surface area contributed by atoms with Crippen LogP contribution in [0, 0.1) is 11.7 Å². The number of aromatic nitrogens is 1. The zero-order valence-corrected chi connectivity index (χ0v) is 20.1. The lowest BCUT2D eigenvalue weighted by atomic mass is 9.93. The SMILES string of the molecule is CC(=O)C[C@@H](C)c1cc(Nc2ccc(Cl)cn2)c(N(CC(C)C)C2CCOCC2)cc1F. The molecule has 0 saturated carbocycles. The number of ether oxygens (including phenoxy) is 1. The number of nitrogens with zero attached hydrogens (tertiary/aromatic N) is 2. The molecular formula is C25H33ClFN3O2. The number of ketones is 1. The first-order valence-corrected chi connectivity index (χ1v) is 11.7. The minimum atomic E-state index is -0.288. The maximum Gasteiger partial charge on any atom is 0.130 e. The molecule has 0 aliphatic carbocycles. The lowest BCUT2D eigenvalue weighted by Gasteiger charge is -2.38. The van der Waals surface area contributed by atoms with Crippen LogP contribution in [0.25, 0.3) is 0 Å². The van der Waals surface area contributed by atoms with Crippen molar-refractivity contribution in [2.75, 3.05) is 30.0 Å². The van der Waals surface area contributed by atoms with Crippen LogP contribution in [0.4, 0.5) is 21.6 Å². The fraction of sp³-hybridized carbons (Fsp3) is 0.520. The Bertz CT molecular complexity index is 914. The van der Waals surface area contributed by atoms with E-state index >= 15 is 4.39 Å². The summed E-state index contributed by atoms with van der Waals surface area (Å²) >= 11 is 6.00. The van der Waals surface area contributed by atoms with Crippen molar-refractivity contribution in [3.05, 3.63) is 46.9 Å². The van der Waals surface area contributed by atoms with Crippen LogP contribution < -0.4 is 10.2 Å². The molecule has 3 rings (SSSR count).